The quantitative estimate of drug-likeness (QED) is 0.535. The minimum Gasteiger partial charge on any atom is -0.487 e. The van der Waals surface area contributed by atoms with E-state index in [9.17, 15) is 9.90 Å². The van der Waals surface area contributed by atoms with Crippen molar-refractivity contribution >= 4 is 16.8 Å². The number of benzene rings is 2. The van der Waals surface area contributed by atoms with E-state index in [4.69, 9.17) is 4.74 Å². The third-order valence-electron chi connectivity index (χ3n) is 5.63. The lowest BCUT2D eigenvalue weighted by atomic mass is 10.0. The monoisotopic (exact) mass is 414 g/mol. The lowest BCUT2D eigenvalue weighted by molar-refractivity contribution is -0.0193. The lowest BCUT2D eigenvalue weighted by Crippen LogP contribution is -2.51. The summed E-state index contributed by atoms with van der Waals surface area (Å²) in [6, 6.07) is 17.0. The number of aliphatic hydroxyl groups excluding tert-OH is 1. The lowest BCUT2D eigenvalue weighted by Gasteiger charge is -2.36. The topological polar surface area (TPSA) is 91.3 Å². The van der Waals surface area contributed by atoms with E-state index in [1.54, 1.807) is 29.6 Å². The summed E-state index contributed by atoms with van der Waals surface area (Å²) in [7, 11) is 0. The summed E-state index contributed by atoms with van der Waals surface area (Å²) in [5, 5.41) is 18.4. The molecule has 1 aliphatic rings. The maximum Gasteiger partial charge on any atom is 0.253 e. The summed E-state index contributed by atoms with van der Waals surface area (Å²) in [6.07, 6.45) is 4.64. The van der Waals surface area contributed by atoms with Crippen LogP contribution < -0.4 is 4.74 Å². The van der Waals surface area contributed by atoms with E-state index in [0.29, 0.717) is 24.3 Å². The number of hydrogen-bond donors (Lipinski definition) is 2. The van der Waals surface area contributed by atoms with Crippen molar-refractivity contribution in [2.24, 2.45) is 0 Å². The van der Waals surface area contributed by atoms with Crippen LogP contribution in [0.1, 0.15) is 16.8 Å². The molecule has 2 aromatic carbocycles. The van der Waals surface area contributed by atoms with E-state index in [2.05, 4.69) is 15.2 Å². The zero-order valence-electron chi connectivity index (χ0n) is 16.8. The normalized spacial score (nSPS) is 18.8. The van der Waals surface area contributed by atoms with E-state index in [0.717, 1.165) is 22.0 Å². The zero-order chi connectivity index (χ0) is 21.2. The van der Waals surface area contributed by atoms with Gasteiger partial charge in [-0.3, -0.25) is 14.9 Å². The van der Waals surface area contributed by atoms with Crippen molar-refractivity contribution in [3.8, 4) is 16.9 Å². The molecule has 1 aliphatic heterocycles. The number of nitrogens with one attached hydrogen (secondary N) is 1. The molecule has 2 aromatic heterocycles. The van der Waals surface area contributed by atoms with E-state index in [1.165, 1.54) is 0 Å². The van der Waals surface area contributed by atoms with Crippen molar-refractivity contribution in [2.45, 2.75) is 18.6 Å². The molecule has 4 aromatic rings. The number of carbonyl (C=O) groups excluding carboxylic acids is 1. The molecular weight excluding hydrogens is 392 g/mol. The predicted octanol–water partition coefficient (Wildman–Crippen LogP) is 3.28. The van der Waals surface area contributed by atoms with Gasteiger partial charge in [0.25, 0.3) is 5.91 Å². The summed E-state index contributed by atoms with van der Waals surface area (Å²) in [5.74, 6) is 0.597. The Morgan fingerprint density at radius 2 is 2.03 bits per heavy atom. The molecule has 1 fully saturated rings. The number of H-pyrrole nitrogens is 1. The van der Waals surface area contributed by atoms with Gasteiger partial charge in [-0.15, -0.1) is 0 Å². The number of rotatable bonds is 4. The predicted molar refractivity (Wildman–Crippen MR) is 117 cm³/mol. The average molecular weight is 414 g/mol. The number of amides is 1. The van der Waals surface area contributed by atoms with Crippen LogP contribution in [0.5, 0.6) is 5.75 Å². The van der Waals surface area contributed by atoms with Crippen LogP contribution in [0.2, 0.25) is 0 Å². The van der Waals surface area contributed by atoms with Crippen LogP contribution in [0.4, 0.5) is 0 Å². The van der Waals surface area contributed by atoms with Crippen LogP contribution in [0.25, 0.3) is 22.0 Å². The first kappa shape index (κ1) is 19.3. The number of aromatic nitrogens is 3. The highest BCUT2D eigenvalue weighted by Gasteiger charge is 2.32. The minimum atomic E-state index is -0.776. The Hall–Kier alpha value is -3.71. The Labute approximate surface area is 179 Å². The second-order valence-corrected chi connectivity index (χ2v) is 7.66. The molecule has 5 rings (SSSR count). The molecule has 2 atom stereocenters. The molecule has 0 radical (unpaired) electrons. The van der Waals surface area contributed by atoms with Crippen molar-refractivity contribution in [1.82, 2.24) is 20.1 Å². The van der Waals surface area contributed by atoms with Gasteiger partial charge in [-0.1, -0.05) is 18.2 Å². The molecule has 7 nitrogen and oxygen atoms in total. The summed E-state index contributed by atoms with van der Waals surface area (Å²) in [6.45, 7) is 0.738. The summed E-state index contributed by atoms with van der Waals surface area (Å²) < 4.78 is 6.14. The number of piperidine rings is 1. The second-order valence-electron chi connectivity index (χ2n) is 7.66. The number of carbonyl (C=O) groups is 1. The number of hydrogen-bond acceptors (Lipinski definition) is 5. The van der Waals surface area contributed by atoms with Gasteiger partial charge in [-0.2, -0.15) is 5.10 Å². The molecule has 0 spiro atoms. The SMILES string of the molecule is O=C(c1cccc(-c2cn[nH]c2)c1)N1CC[C@@H](Oc2cccc3ncccc23)[C@H](O)C1. The Morgan fingerprint density at radius 1 is 1.13 bits per heavy atom. The van der Waals surface area contributed by atoms with Crippen LogP contribution in [0.15, 0.2) is 73.2 Å². The van der Waals surface area contributed by atoms with Gasteiger partial charge >= 0.3 is 0 Å². The van der Waals surface area contributed by atoms with Crippen molar-refractivity contribution in [1.29, 1.82) is 0 Å². The number of aromatic amines is 1. The van der Waals surface area contributed by atoms with Gasteiger partial charge in [0.05, 0.1) is 18.3 Å². The van der Waals surface area contributed by atoms with E-state index in [1.807, 2.05) is 48.5 Å². The standard InChI is InChI=1S/C24H22N4O3/c29-21-15-28(24(30)17-5-1-4-16(12-17)18-13-26-27-14-18)11-9-23(21)31-22-8-2-7-20-19(22)6-3-10-25-20/h1-8,10,12-14,21,23,29H,9,11,15H2,(H,26,27)/t21-,23-/m1/s1. The van der Waals surface area contributed by atoms with Crippen LogP contribution in [0.3, 0.4) is 0 Å². The van der Waals surface area contributed by atoms with Crippen molar-refractivity contribution in [2.75, 3.05) is 13.1 Å². The van der Waals surface area contributed by atoms with Crippen LogP contribution in [0, 0.1) is 0 Å². The van der Waals surface area contributed by atoms with Crippen LogP contribution in [-0.2, 0) is 0 Å². The summed E-state index contributed by atoms with van der Waals surface area (Å²) in [5.41, 5.74) is 3.28. The fourth-order valence-electron chi connectivity index (χ4n) is 4.00. The average Bonchev–Trinajstić information content (AvgIpc) is 3.35. The molecule has 156 valence electrons. The first-order chi connectivity index (χ1) is 15.2. The highest BCUT2D eigenvalue weighted by atomic mass is 16.5. The highest BCUT2D eigenvalue weighted by molar-refractivity contribution is 5.95. The number of ether oxygens (including phenoxy) is 1. The fourth-order valence-corrected chi connectivity index (χ4v) is 4.00. The molecule has 0 aliphatic carbocycles. The van der Waals surface area contributed by atoms with Gasteiger partial charge in [0, 0.05) is 41.9 Å². The highest BCUT2D eigenvalue weighted by Crippen LogP contribution is 2.28. The third-order valence-corrected chi connectivity index (χ3v) is 5.63. The Kier molecular flexibility index (Phi) is 5.09. The number of pyridine rings is 1. The number of likely N-dealkylation sites (tertiary alicyclic amines) is 1. The summed E-state index contributed by atoms with van der Waals surface area (Å²) >= 11 is 0. The molecule has 3 heterocycles. The molecule has 1 amide bonds. The maximum absolute atomic E-state index is 13.0. The van der Waals surface area contributed by atoms with Gasteiger partial charge in [0.1, 0.15) is 18.0 Å². The smallest absolute Gasteiger partial charge is 0.253 e. The van der Waals surface area contributed by atoms with Gasteiger partial charge in [-0.05, 0) is 42.0 Å². The molecule has 0 bridgehead atoms. The first-order valence-corrected chi connectivity index (χ1v) is 10.3. The number of aliphatic hydroxyl groups is 1. The molecule has 7 heteroatoms. The number of β-amino-alcohol motifs (C(OH)–C–C–N with tert-alkyl or cyclic N) is 1. The molecular formula is C24H22N4O3. The largest absolute Gasteiger partial charge is 0.487 e. The molecule has 31 heavy (non-hydrogen) atoms. The van der Waals surface area contributed by atoms with Gasteiger partial charge in [0.2, 0.25) is 0 Å². The first-order valence-electron chi connectivity index (χ1n) is 10.3. The van der Waals surface area contributed by atoms with E-state index >= 15 is 0 Å². The molecule has 0 saturated carbocycles. The minimum absolute atomic E-state index is 0.0998. The van der Waals surface area contributed by atoms with Crippen molar-refractivity contribution in [3.05, 3.63) is 78.8 Å². The summed E-state index contributed by atoms with van der Waals surface area (Å²) in [4.78, 5) is 19.1. The van der Waals surface area contributed by atoms with Gasteiger partial charge < -0.3 is 14.7 Å². The van der Waals surface area contributed by atoms with Crippen molar-refractivity contribution in [3.63, 3.8) is 0 Å². The Balaban J connectivity index is 1.29. The van der Waals surface area contributed by atoms with E-state index < -0.39 is 6.10 Å². The van der Waals surface area contributed by atoms with Crippen LogP contribution in [-0.4, -0.2) is 56.4 Å². The Bertz CT molecular complexity index is 1200. The third kappa shape index (κ3) is 3.87. The molecule has 2 N–H and O–H groups in total. The maximum atomic E-state index is 13.0. The van der Waals surface area contributed by atoms with Gasteiger partial charge in [0.15, 0.2) is 0 Å². The van der Waals surface area contributed by atoms with E-state index in [-0.39, 0.29) is 18.6 Å². The fraction of sp³-hybridized carbons (Fsp3) is 0.208. The molecule has 0 unspecified atom stereocenters. The second kappa shape index (κ2) is 8.20. The van der Waals surface area contributed by atoms with Gasteiger partial charge in [-0.25, -0.2) is 0 Å². The number of nitrogens with zero attached hydrogens (tertiary/aromatic N) is 3. The van der Waals surface area contributed by atoms with Crippen molar-refractivity contribution < 1.29 is 14.6 Å². The number of fused-ring (bicyclic) bond motifs is 1. The Morgan fingerprint density at radius 3 is 2.87 bits per heavy atom. The molecule has 1 saturated heterocycles. The zero-order valence-corrected chi connectivity index (χ0v) is 16.8. The van der Waals surface area contributed by atoms with Crippen LogP contribution >= 0.6 is 0 Å².